The van der Waals surface area contributed by atoms with Crippen molar-refractivity contribution >= 4 is 28.7 Å². The van der Waals surface area contributed by atoms with Crippen molar-refractivity contribution in [2.45, 2.75) is 11.6 Å². The van der Waals surface area contributed by atoms with Crippen molar-refractivity contribution in [2.75, 3.05) is 18.1 Å². The minimum Gasteiger partial charge on any atom is -0.357 e. The lowest BCUT2D eigenvalue weighted by Gasteiger charge is -2.09. The lowest BCUT2D eigenvalue weighted by Crippen LogP contribution is -2.19. The molecule has 0 aliphatic carbocycles. The predicted octanol–water partition coefficient (Wildman–Crippen LogP) is 3.67. The van der Waals surface area contributed by atoms with Gasteiger partial charge in [0.05, 0.1) is 12.6 Å². The quantitative estimate of drug-likeness (QED) is 0.859. The van der Waals surface area contributed by atoms with Gasteiger partial charge in [0.2, 0.25) is 0 Å². The van der Waals surface area contributed by atoms with Gasteiger partial charge in [0.1, 0.15) is 0 Å². The molecule has 19 heavy (non-hydrogen) atoms. The van der Waals surface area contributed by atoms with Gasteiger partial charge in [0.25, 0.3) is 0 Å². The van der Waals surface area contributed by atoms with E-state index in [1.54, 1.807) is 11.8 Å². The number of nitrogens with one attached hydrogen (secondary N) is 1. The maximum atomic E-state index is 11.9. The third-order valence-corrected chi connectivity index (χ3v) is 4.23. The van der Waals surface area contributed by atoms with Crippen molar-refractivity contribution in [3.8, 4) is 0 Å². The summed E-state index contributed by atoms with van der Waals surface area (Å²) in [6, 6.07) is 10.1. The van der Waals surface area contributed by atoms with Gasteiger partial charge >= 0.3 is 5.51 Å². The van der Waals surface area contributed by atoms with Crippen LogP contribution in [0.2, 0.25) is 0 Å². The zero-order valence-electron chi connectivity index (χ0n) is 9.98. The van der Waals surface area contributed by atoms with Gasteiger partial charge in [-0.1, -0.05) is 42.1 Å². The first-order valence-electron chi connectivity index (χ1n) is 5.74. The number of rotatable bonds is 4. The molecule has 0 amide bonds. The molecule has 7 heteroatoms. The predicted molar refractivity (Wildman–Crippen MR) is 75.6 cm³/mol. The molecule has 1 aromatic rings. The largest absolute Gasteiger partial charge is 0.441 e. The Bertz CT molecular complexity index is 434. The molecule has 2 rings (SSSR count). The molecule has 1 aromatic carbocycles. The fourth-order valence-electron chi connectivity index (χ4n) is 1.66. The van der Waals surface area contributed by atoms with Crippen LogP contribution in [-0.2, 0) is 0 Å². The van der Waals surface area contributed by atoms with Crippen molar-refractivity contribution in [3.05, 3.63) is 35.9 Å². The Morgan fingerprint density at radius 1 is 1.32 bits per heavy atom. The molecule has 1 aliphatic heterocycles. The SMILES string of the molecule is FC(F)(F)SCCN=C1NC(c2ccccc2)CS1. The van der Waals surface area contributed by atoms with E-state index in [0.717, 1.165) is 10.9 Å². The van der Waals surface area contributed by atoms with Crippen LogP contribution in [0.3, 0.4) is 0 Å². The summed E-state index contributed by atoms with van der Waals surface area (Å²) in [6.07, 6.45) is 0. The first-order chi connectivity index (χ1) is 9.04. The lowest BCUT2D eigenvalue weighted by atomic mass is 10.1. The zero-order valence-corrected chi connectivity index (χ0v) is 11.6. The fraction of sp³-hybridized carbons (Fsp3) is 0.417. The number of amidine groups is 1. The van der Waals surface area contributed by atoms with Gasteiger partial charge < -0.3 is 5.32 Å². The minimum absolute atomic E-state index is 0.0300. The van der Waals surface area contributed by atoms with Crippen LogP contribution < -0.4 is 5.32 Å². The number of alkyl halides is 3. The summed E-state index contributed by atoms with van der Waals surface area (Å²) in [5, 5.41) is 3.96. The van der Waals surface area contributed by atoms with E-state index in [-0.39, 0.29) is 30.1 Å². The fourth-order valence-corrected chi connectivity index (χ4v) is 3.08. The molecule has 104 valence electrons. The van der Waals surface area contributed by atoms with E-state index in [1.165, 1.54) is 5.56 Å². The van der Waals surface area contributed by atoms with Crippen LogP contribution in [0, 0.1) is 0 Å². The summed E-state index contributed by atoms with van der Waals surface area (Å²) < 4.78 is 35.8. The van der Waals surface area contributed by atoms with E-state index in [2.05, 4.69) is 10.3 Å². The van der Waals surface area contributed by atoms with E-state index in [1.807, 2.05) is 30.3 Å². The Labute approximate surface area is 118 Å². The van der Waals surface area contributed by atoms with Gasteiger partial charge in [0.15, 0.2) is 5.17 Å². The molecule has 1 N–H and O–H groups in total. The van der Waals surface area contributed by atoms with E-state index in [9.17, 15) is 13.2 Å². The normalized spacial score (nSPS) is 21.6. The molecule has 1 aliphatic rings. The summed E-state index contributed by atoms with van der Waals surface area (Å²) in [4.78, 5) is 4.15. The molecule has 0 bridgehead atoms. The highest BCUT2D eigenvalue weighted by molar-refractivity contribution is 8.14. The van der Waals surface area contributed by atoms with Crippen molar-refractivity contribution in [1.82, 2.24) is 5.32 Å². The standard InChI is InChI=1S/C12H13F3N2S2/c13-12(14,15)19-7-6-16-11-17-10(8-18-11)9-4-2-1-3-5-9/h1-5,10H,6-8H2,(H,16,17). The molecule has 1 fully saturated rings. The van der Waals surface area contributed by atoms with Gasteiger partial charge in [-0.25, -0.2) is 0 Å². The number of halogens is 3. The average Bonchev–Trinajstić information content (AvgIpc) is 2.83. The molecule has 2 nitrogen and oxygen atoms in total. The molecule has 1 heterocycles. The van der Waals surface area contributed by atoms with E-state index in [0.29, 0.717) is 0 Å². The topological polar surface area (TPSA) is 24.4 Å². The lowest BCUT2D eigenvalue weighted by molar-refractivity contribution is -0.0327. The zero-order chi connectivity index (χ0) is 13.7. The van der Waals surface area contributed by atoms with E-state index >= 15 is 0 Å². The van der Waals surface area contributed by atoms with Crippen LogP contribution in [0.1, 0.15) is 11.6 Å². The number of aliphatic imine (C=N–C) groups is 1. The van der Waals surface area contributed by atoms with Crippen molar-refractivity contribution in [3.63, 3.8) is 0 Å². The van der Waals surface area contributed by atoms with Gasteiger partial charge in [-0.05, 0) is 17.3 Å². The second kappa shape index (κ2) is 6.56. The summed E-state index contributed by atoms with van der Waals surface area (Å²) in [5.74, 6) is 0.820. The number of nitrogens with zero attached hydrogens (tertiary/aromatic N) is 1. The highest BCUT2D eigenvalue weighted by atomic mass is 32.2. The number of hydrogen-bond donors (Lipinski definition) is 1. The Balaban J connectivity index is 1.79. The third-order valence-electron chi connectivity index (χ3n) is 2.50. The molecular formula is C12H13F3N2S2. The Morgan fingerprint density at radius 2 is 2.05 bits per heavy atom. The molecule has 1 atom stereocenters. The molecular weight excluding hydrogens is 293 g/mol. The van der Waals surface area contributed by atoms with Crippen LogP contribution in [0.5, 0.6) is 0 Å². The highest BCUT2D eigenvalue weighted by Gasteiger charge is 2.27. The molecule has 1 unspecified atom stereocenters. The van der Waals surface area contributed by atoms with Crippen molar-refractivity contribution < 1.29 is 13.2 Å². The molecule has 0 radical (unpaired) electrons. The number of thioether (sulfide) groups is 2. The van der Waals surface area contributed by atoms with Gasteiger partial charge in [-0.2, -0.15) is 13.2 Å². The van der Waals surface area contributed by atoms with Gasteiger partial charge in [0, 0.05) is 11.5 Å². The maximum absolute atomic E-state index is 11.9. The Kier molecular flexibility index (Phi) is 5.04. The van der Waals surface area contributed by atoms with Crippen molar-refractivity contribution in [2.24, 2.45) is 4.99 Å². The monoisotopic (exact) mass is 306 g/mol. The Morgan fingerprint density at radius 3 is 2.74 bits per heavy atom. The molecule has 1 saturated heterocycles. The van der Waals surface area contributed by atoms with Crippen molar-refractivity contribution in [1.29, 1.82) is 0 Å². The van der Waals surface area contributed by atoms with Crippen LogP contribution >= 0.6 is 23.5 Å². The number of benzene rings is 1. The minimum atomic E-state index is -4.16. The number of hydrogen-bond acceptors (Lipinski definition) is 3. The summed E-state index contributed by atoms with van der Waals surface area (Å²) in [7, 11) is 0. The summed E-state index contributed by atoms with van der Waals surface area (Å²) >= 11 is 1.52. The van der Waals surface area contributed by atoms with E-state index < -0.39 is 5.51 Å². The smallest absolute Gasteiger partial charge is 0.357 e. The average molecular weight is 306 g/mol. The molecule has 0 spiro atoms. The first-order valence-corrected chi connectivity index (χ1v) is 7.71. The Hall–Kier alpha value is -0.820. The van der Waals surface area contributed by atoms with Crippen LogP contribution in [0.4, 0.5) is 13.2 Å². The third kappa shape index (κ3) is 4.99. The first kappa shape index (κ1) is 14.6. The van der Waals surface area contributed by atoms with Crippen LogP contribution in [0.15, 0.2) is 35.3 Å². The van der Waals surface area contributed by atoms with Crippen LogP contribution in [0.25, 0.3) is 0 Å². The molecule has 0 saturated carbocycles. The highest BCUT2D eigenvalue weighted by Crippen LogP contribution is 2.30. The summed E-state index contributed by atoms with van der Waals surface area (Å²) in [5.41, 5.74) is -2.99. The second-order valence-electron chi connectivity index (χ2n) is 3.90. The van der Waals surface area contributed by atoms with Gasteiger partial charge in [-0.15, -0.1) is 0 Å². The summed E-state index contributed by atoms with van der Waals surface area (Å²) in [6.45, 7) is 0.182. The van der Waals surface area contributed by atoms with Gasteiger partial charge in [-0.3, -0.25) is 4.99 Å². The maximum Gasteiger partial charge on any atom is 0.441 e. The second-order valence-corrected chi connectivity index (χ2v) is 6.07. The van der Waals surface area contributed by atoms with E-state index in [4.69, 9.17) is 0 Å². The molecule has 0 aromatic heterocycles. The van der Waals surface area contributed by atoms with Crippen LogP contribution in [-0.4, -0.2) is 28.7 Å².